The molecule has 86 valence electrons. The fraction of sp³-hybridized carbons (Fsp3) is 0.727. The van der Waals surface area contributed by atoms with Crippen molar-refractivity contribution in [1.29, 1.82) is 0 Å². The number of aryl methyl sites for hydroxylation is 1. The average molecular weight is 227 g/mol. The van der Waals surface area contributed by atoms with Crippen molar-refractivity contribution < 1.29 is 0 Å². The van der Waals surface area contributed by atoms with E-state index in [1.165, 1.54) is 24.2 Å². The minimum atomic E-state index is 0.969. The van der Waals surface area contributed by atoms with Crippen LogP contribution in [0.25, 0.3) is 0 Å². The normalized spacial score (nSPS) is 10.8. The number of rotatable bonds is 8. The molecule has 0 fully saturated rings. The van der Waals surface area contributed by atoms with Crippen LogP contribution in [-0.4, -0.2) is 34.9 Å². The molecule has 0 bridgehead atoms. The summed E-state index contributed by atoms with van der Waals surface area (Å²) in [5.74, 6) is 1.28. The summed E-state index contributed by atoms with van der Waals surface area (Å²) in [6.45, 7) is 5.18. The second-order valence-corrected chi connectivity index (χ2v) is 4.72. The minimum Gasteiger partial charge on any atom is -0.315 e. The molecule has 0 aromatic carbocycles. The van der Waals surface area contributed by atoms with Gasteiger partial charge in [0, 0.05) is 12.7 Å². The van der Waals surface area contributed by atoms with Crippen molar-refractivity contribution in [3.8, 4) is 0 Å². The Morgan fingerprint density at radius 1 is 1.40 bits per heavy atom. The second-order valence-electron chi connectivity index (χ2n) is 3.73. The molecule has 0 saturated carbocycles. The van der Waals surface area contributed by atoms with E-state index in [1.807, 2.05) is 22.6 Å². The lowest BCUT2D eigenvalue weighted by Gasteiger charge is -2.04. The van der Waals surface area contributed by atoms with Gasteiger partial charge in [-0.3, -0.25) is 4.68 Å². The highest BCUT2D eigenvalue weighted by Gasteiger charge is 1.93. The van der Waals surface area contributed by atoms with Gasteiger partial charge in [-0.1, -0.05) is 0 Å². The van der Waals surface area contributed by atoms with Crippen molar-refractivity contribution >= 4 is 11.8 Å². The Hall–Kier alpha value is -0.480. The first-order valence-corrected chi connectivity index (χ1v) is 6.91. The first kappa shape index (κ1) is 12.6. The number of hydrogen-bond donors (Lipinski definition) is 1. The van der Waals surface area contributed by atoms with Crippen molar-refractivity contribution in [2.75, 3.05) is 25.1 Å². The van der Waals surface area contributed by atoms with Crippen LogP contribution in [0.5, 0.6) is 0 Å². The molecule has 0 spiro atoms. The van der Waals surface area contributed by atoms with Crippen molar-refractivity contribution in [2.24, 2.45) is 0 Å². The fourth-order valence-corrected chi connectivity index (χ4v) is 1.90. The summed E-state index contributed by atoms with van der Waals surface area (Å²) in [6, 6.07) is 0. The highest BCUT2D eigenvalue weighted by molar-refractivity contribution is 7.98. The van der Waals surface area contributed by atoms with E-state index in [0.717, 1.165) is 19.6 Å². The van der Waals surface area contributed by atoms with Crippen molar-refractivity contribution in [2.45, 2.75) is 26.3 Å². The van der Waals surface area contributed by atoms with E-state index in [-0.39, 0.29) is 0 Å². The van der Waals surface area contributed by atoms with Crippen LogP contribution in [0.1, 0.15) is 18.4 Å². The maximum atomic E-state index is 4.24. The molecule has 1 N–H and O–H groups in total. The van der Waals surface area contributed by atoms with Crippen LogP contribution >= 0.6 is 11.8 Å². The van der Waals surface area contributed by atoms with E-state index in [1.54, 1.807) is 0 Å². The molecule has 1 aromatic heterocycles. The topological polar surface area (TPSA) is 29.9 Å². The van der Waals surface area contributed by atoms with Gasteiger partial charge in [0.1, 0.15) is 0 Å². The van der Waals surface area contributed by atoms with Crippen LogP contribution in [0.3, 0.4) is 0 Å². The van der Waals surface area contributed by atoms with E-state index < -0.39 is 0 Å². The molecular weight excluding hydrogens is 206 g/mol. The van der Waals surface area contributed by atoms with Crippen molar-refractivity contribution in [3.63, 3.8) is 0 Å². The molecule has 0 aliphatic rings. The number of nitrogens with zero attached hydrogens (tertiary/aromatic N) is 2. The summed E-state index contributed by atoms with van der Waals surface area (Å²) in [5.41, 5.74) is 1.23. The van der Waals surface area contributed by atoms with Crippen LogP contribution in [0.2, 0.25) is 0 Å². The van der Waals surface area contributed by atoms with Gasteiger partial charge in [0.05, 0.1) is 12.7 Å². The number of nitrogens with one attached hydrogen (secondary N) is 1. The Kier molecular flexibility index (Phi) is 6.52. The third-order valence-corrected chi connectivity index (χ3v) is 2.93. The number of hydrogen-bond acceptors (Lipinski definition) is 3. The molecule has 0 radical (unpaired) electrons. The van der Waals surface area contributed by atoms with Gasteiger partial charge < -0.3 is 5.32 Å². The first-order valence-electron chi connectivity index (χ1n) is 5.51. The largest absolute Gasteiger partial charge is 0.315 e. The smallest absolute Gasteiger partial charge is 0.0534 e. The quantitative estimate of drug-likeness (QED) is 0.688. The Labute approximate surface area is 96.6 Å². The van der Waals surface area contributed by atoms with E-state index in [0.29, 0.717) is 0 Å². The van der Waals surface area contributed by atoms with Crippen LogP contribution in [0.4, 0.5) is 0 Å². The second kappa shape index (κ2) is 7.77. The SMILES string of the molecule is CSCCCCNCCn1cc(C)cn1. The fourth-order valence-electron chi connectivity index (χ4n) is 1.40. The molecule has 3 nitrogen and oxygen atoms in total. The van der Waals surface area contributed by atoms with Crippen molar-refractivity contribution in [3.05, 3.63) is 18.0 Å². The number of aromatic nitrogens is 2. The van der Waals surface area contributed by atoms with E-state index >= 15 is 0 Å². The molecule has 15 heavy (non-hydrogen) atoms. The van der Waals surface area contributed by atoms with Gasteiger partial charge >= 0.3 is 0 Å². The minimum absolute atomic E-state index is 0.969. The Balaban J connectivity index is 1.93. The molecule has 0 aliphatic carbocycles. The average Bonchev–Trinajstić information content (AvgIpc) is 2.63. The third-order valence-electron chi connectivity index (χ3n) is 2.23. The predicted octanol–water partition coefficient (Wildman–Crippen LogP) is 1.92. The summed E-state index contributed by atoms with van der Waals surface area (Å²) in [4.78, 5) is 0. The molecule has 0 amide bonds. The molecule has 4 heteroatoms. The molecule has 0 saturated heterocycles. The van der Waals surface area contributed by atoms with Gasteiger partial charge in [-0.05, 0) is 43.9 Å². The lowest BCUT2D eigenvalue weighted by Crippen LogP contribution is -2.21. The highest BCUT2D eigenvalue weighted by atomic mass is 32.2. The van der Waals surface area contributed by atoms with Gasteiger partial charge in [-0.25, -0.2) is 0 Å². The molecule has 1 aromatic rings. The van der Waals surface area contributed by atoms with Gasteiger partial charge in [-0.2, -0.15) is 16.9 Å². The summed E-state index contributed by atoms with van der Waals surface area (Å²) in [6.07, 6.45) is 8.73. The van der Waals surface area contributed by atoms with Gasteiger partial charge in [0.25, 0.3) is 0 Å². The maximum absolute atomic E-state index is 4.24. The zero-order valence-corrected chi connectivity index (χ0v) is 10.5. The molecule has 1 rings (SSSR count). The van der Waals surface area contributed by atoms with Gasteiger partial charge in [-0.15, -0.1) is 0 Å². The van der Waals surface area contributed by atoms with Crippen molar-refractivity contribution in [1.82, 2.24) is 15.1 Å². The third kappa shape index (κ3) is 5.85. The standard InChI is InChI=1S/C11H21N3S/c1-11-9-13-14(10-11)7-6-12-5-3-4-8-15-2/h9-10,12H,3-8H2,1-2H3. The van der Waals surface area contributed by atoms with E-state index in [4.69, 9.17) is 0 Å². The summed E-state index contributed by atoms with van der Waals surface area (Å²) in [7, 11) is 0. The first-order chi connectivity index (χ1) is 7.33. The molecule has 0 unspecified atom stereocenters. The van der Waals surface area contributed by atoms with Crippen LogP contribution in [0, 0.1) is 6.92 Å². The maximum Gasteiger partial charge on any atom is 0.0534 e. The lowest BCUT2D eigenvalue weighted by molar-refractivity contribution is 0.546. The van der Waals surface area contributed by atoms with Crippen LogP contribution in [0.15, 0.2) is 12.4 Å². The van der Waals surface area contributed by atoms with E-state index in [9.17, 15) is 0 Å². The van der Waals surface area contributed by atoms with Crippen LogP contribution in [-0.2, 0) is 6.54 Å². The molecule has 0 aliphatic heterocycles. The zero-order valence-electron chi connectivity index (χ0n) is 9.70. The summed E-state index contributed by atoms with van der Waals surface area (Å²) >= 11 is 1.92. The van der Waals surface area contributed by atoms with Gasteiger partial charge in [0.15, 0.2) is 0 Å². The Morgan fingerprint density at radius 3 is 2.93 bits per heavy atom. The molecule has 1 heterocycles. The zero-order chi connectivity index (χ0) is 10.9. The molecule has 0 atom stereocenters. The Morgan fingerprint density at radius 2 is 2.27 bits per heavy atom. The van der Waals surface area contributed by atoms with Gasteiger partial charge in [0.2, 0.25) is 0 Å². The Bertz CT molecular complexity index is 260. The highest BCUT2D eigenvalue weighted by Crippen LogP contribution is 1.97. The monoisotopic (exact) mass is 227 g/mol. The summed E-state index contributed by atoms with van der Waals surface area (Å²) < 4.78 is 1.99. The summed E-state index contributed by atoms with van der Waals surface area (Å²) in [5, 5.41) is 7.67. The number of unbranched alkanes of at least 4 members (excludes halogenated alkanes) is 1. The lowest BCUT2D eigenvalue weighted by atomic mass is 10.3. The van der Waals surface area contributed by atoms with Crippen LogP contribution < -0.4 is 5.32 Å². The predicted molar refractivity (Wildman–Crippen MR) is 67.4 cm³/mol. The van der Waals surface area contributed by atoms with E-state index in [2.05, 4.69) is 29.8 Å². The molecular formula is C11H21N3S. The number of thioether (sulfide) groups is 1.